The number of rotatable bonds is 3. The van der Waals surface area contributed by atoms with Crippen LogP contribution in [0.2, 0.25) is 0 Å². The summed E-state index contributed by atoms with van der Waals surface area (Å²) in [7, 11) is 0. The summed E-state index contributed by atoms with van der Waals surface area (Å²) >= 11 is 5.53. The van der Waals surface area contributed by atoms with Crippen LogP contribution >= 0.6 is 11.6 Å². The van der Waals surface area contributed by atoms with E-state index in [0.717, 1.165) is 17.7 Å². The molecule has 0 aliphatic carbocycles. The lowest BCUT2D eigenvalue weighted by Crippen LogP contribution is -1.92. The first-order valence-corrected chi connectivity index (χ1v) is 4.72. The Morgan fingerprint density at radius 3 is 2.92 bits per heavy atom. The van der Waals surface area contributed by atoms with E-state index in [4.69, 9.17) is 17.3 Å². The maximum Gasteiger partial charge on any atom is 0.124 e. The van der Waals surface area contributed by atoms with Crippen LogP contribution in [-0.4, -0.2) is 10.9 Å². The second kappa shape index (κ2) is 4.87. The summed E-state index contributed by atoms with van der Waals surface area (Å²) in [5.74, 6) is 1.20. The van der Waals surface area contributed by atoms with Crippen molar-refractivity contribution >= 4 is 23.5 Å². The van der Waals surface area contributed by atoms with Gasteiger partial charge in [-0.05, 0) is 37.1 Å². The molecule has 13 heavy (non-hydrogen) atoms. The molecule has 70 valence electrons. The van der Waals surface area contributed by atoms with Gasteiger partial charge in [-0.15, -0.1) is 11.6 Å². The fourth-order valence-corrected chi connectivity index (χ4v) is 1.20. The summed E-state index contributed by atoms with van der Waals surface area (Å²) < 4.78 is 0. The topological polar surface area (TPSA) is 38.9 Å². The zero-order valence-electron chi connectivity index (χ0n) is 7.63. The summed E-state index contributed by atoms with van der Waals surface area (Å²) in [4.78, 5) is 4.15. The maximum atomic E-state index is 5.59. The molecule has 3 heteroatoms. The van der Waals surface area contributed by atoms with E-state index < -0.39 is 0 Å². The van der Waals surface area contributed by atoms with Gasteiger partial charge in [0.2, 0.25) is 0 Å². The zero-order chi connectivity index (χ0) is 9.68. The van der Waals surface area contributed by atoms with Crippen LogP contribution in [0.1, 0.15) is 17.7 Å². The summed E-state index contributed by atoms with van der Waals surface area (Å²) in [6.45, 7) is 2.00. The lowest BCUT2D eigenvalue weighted by atomic mass is 10.2. The van der Waals surface area contributed by atoms with Gasteiger partial charge in [-0.1, -0.05) is 6.08 Å². The highest BCUT2D eigenvalue weighted by Crippen LogP contribution is 2.08. The predicted molar refractivity (Wildman–Crippen MR) is 57.8 cm³/mol. The average Bonchev–Trinajstić information content (AvgIpc) is 2.03. The highest BCUT2D eigenvalue weighted by molar-refractivity contribution is 6.17. The Morgan fingerprint density at radius 1 is 1.54 bits per heavy atom. The standard InChI is InChI=1S/C10H13ClN2/c1-8-6-9(4-2-3-5-11)13-10(12)7-8/h2,4,6-7H,3,5H2,1H3,(H2,12,13). The number of aromatic nitrogens is 1. The zero-order valence-corrected chi connectivity index (χ0v) is 8.38. The van der Waals surface area contributed by atoms with Crippen LogP contribution in [0.4, 0.5) is 5.82 Å². The van der Waals surface area contributed by atoms with Crippen molar-refractivity contribution in [3.05, 3.63) is 29.5 Å². The quantitative estimate of drug-likeness (QED) is 0.755. The maximum absolute atomic E-state index is 5.59. The SMILES string of the molecule is Cc1cc(N)nc(C=CCCCl)c1. The van der Waals surface area contributed by atoms with E-state index in [9.17, 15) is 0 Å². The van der Waals surface area contributed by atoms with Crippen molar-refractivity contribution in [1.29, 1.82) is 0 Å². The Morgan fingerprint density at radius 2 is 2.31 bits per heavy atom. The smallest absolute Gasteiger partial charge is 0.124 e. The molecule has 0 aliphatic heterocycles. The number of allylic oxidation sites excluding steroid dienone is 1. The van der Waals surface area contributed by atoms with Crippen LogP contribution in [0.5, 0.6) is 0 Å². The van der Waals surface area contributed by atoms with Crippen molar-refractivity contribution in [3.63, 3.8) is 0 Å². The van der Waals surface area contributed by atoms with Gasteiger partial charge in [0, 0.05) is 5.88 Å². The predicted octanol–water partition coefficient (Wildman–Crippen LogP) is 2.61. The van der Waals surface area contributed by atoms with E-state index in [-0.39, 0.29) is 0 Å². The Hall–Kier alpha value is -1.02. The van der Waals surface area contributed by atoms with Gasteiger partial charge >= 0.3 is 0 Å². The van der Waals surface area contributed by atoms with Crippen LogP contribution in [-0.2, 0) is 0 Å². The van der Waals surface area contributed by atoms with Crippen LogP contribution < -0.4 is 5.73 Å². The minimum Gasteiger partial charge on any atom is -0.384 e. The second-order valence-electron chi connectivity index (χ2n) is 2.87. The molecule has 1 heterocycles. The molecule has 0 bridgehead atoms. The first-order chi connectivity index (χ1) is 6.22. The number of hydrogen-bond acceptors (Lipinski definition) is 2. The molecule has 0 unspecified atom stereocenters. The lowest BCUT2D eigenvalue weighted by Gasteiger charge is -1.98. The van der Waals surface area contributed by atoms with Crippen LogP contribution in [0.15, 0.2) is 18.2 Å². The van der Waals surface area contributed by atoms with Gasteiger partial charge in [-0.25, -0.2) is 4.98 Å². The Balaban J connectivity index is 2.77. The molecule has 0 amide bonds. The summed E-state index contributed by atoms with van der Waals surface area (Å²) in [6.07, 6.45) is 4.79. The number of nitrogen functional groups attached to an aromatic ring is 1. The Bertz CT molecular complexity index is 288. The van der Waals surface area contributed by atoms with Gasteiger partial charge in [0.05, 0.1) is 5.69 Å². The molecule has 2 N–H and O–H groups in total. The Kier molecular flexibility index (Phi) is 3.77. The molecule has 0 fully saturated rings. The molecule has 1 aromatic heterocycles. The molecular formula is C10H13ClN2. The largest absolute Gasteiger partial charge is 0.384 e. The second-order valence-corrected chi connectivity index (χ2v) is 3.25. The van der Waals surface area contributed by atoms with Crippen LogP contribution in [0.25, 0.3) is 6.08 Å². The number of anilines is 1. The summed E-state index contributed by atoms with van der Waals surface area (Å²) in [5, 5.41) is 0. The minimum absolute atomic E-state index is 0.561. The van der Waals surface area contributed by atoms with Crippen LogP contribution in [0, 0.1) is 6.92 Å². The molecule has 1 rings (SSSR count). The van der Waals surface area contributed by atoms with Gasteiger partial charge < -0.3 is 5.73 Å². The number of halogens is 1. The van der Waals surface area contributed by atoms with Gasteiger partial charge in [-0.3, -0.25) is 0 Å². The molecule has 0 aromatic carbocycles. The normalized spacial score (nSPS) is 10.9. The van der Waals surface area contributed by atoms with Crippen molar-refractivity contribution < 1.29 is 0 Å². The number of hydrogen-bond donors (Lipinski definition) is 1. The van der Waals surface area contributed by atoms with Crippen molar-refractivity contribution in [3.8, 4) is 0 Å². The third-order valence-corrected chi connectivity index (χ3v) is 1.79. The van der Waals surface area contributed by atoms with E-state index in [1.54, 1.807) is 0 Å². The van der Waals surface area contributed by atoms with Gasteiger partial charge in [0.25, 0.3) is 0 Å². The number of pyridine rings is 1. The van der Waals surface area contributed by atoms with Crippen molar-refractivity contribution in [1.82, 2.24) is 4.98 Å². The van der Waals surface area contributed by atoms with E-state index >= 15 is 0 Å². The molecule has 0 atom stereocenters. The minimum atomic E-state index is 0.561. The van der Waals surface area contributed by atoms with Gasteiger partial charge in [0.1, 0.15) is 5.82 Å². The molecule has 2 nitrogen and oxygen atoms in total. The Labute approximate surface area is 83.4 Å². The first kappa shape index (κ1) is 10.1. The van der Waals surface area contributed by atoms with E-state index in [0.29, 0.717) is 11.7 Å². The number of alkyl halides is 1. The van der Waals surface area contributed by atoms with Crippen molar-refractivity contribution in [2.24, 2.45) is 0 Å². The summed E-state index contributed by atoms with van der Waals surface area (Å²) in [6, 6.07) is 3.83. The van der Waals surface area contributed by atoms with Crippen molar-refractivity contribution in [2.75, 3.05) is 11.6 Å². The molecule has 0 saturated carbocycles. The third kappa shape index (κ3) is 3.47. The molecule has 0 aliphatic rings. The highest BCUT2D eigenvalue weighted by atomic mass is 35.5. The highest BCUT2D eigenvalue weighted by Gasteiger charge is 1.92. The first-order valence-electron chi connectivity index (χ1n) is 4.19. The number of nitrogens with two attached hydrogens (primary N) is 1. The monoisotopic (exact) mass is 196 g/mol. The molecule has 0 radical (unpaired) electrons. The van der Waals surface area contributed by atoms with E-state index in [2.05, 4.69) is 4.98 Å². The number of nitrogens with zero attached hydrogens (tertiary/aromatic N) is 1. The summed E-state index contributed by atoms with van der Waals surface area (Å²) in [5.41, 5.74) is 7.61. The molecule has 0 saturated heterocycles. The third-order valence-electron chi connectivity index (χ3n) is 1.57. The average molecular weight is 197 g/mol. The van der Waals surface area contributed by atoms with Crippen LogP contribution in [0.3, 0.4) is 0 Å². The molecule has 1 aromatic rings. The lowest BCUT2D eigenvalue weighted by molar-refractivity contribution is 1.23. The van der Waals surface area contributed by atoms with E-state index in [1.807, 2.05) is 31.2 Å². The fraction of sp³-hybridized carbons (Fsp3) is 0.300. The van der Waals surface area contributed by atoms with E-state index in [1.165, 1.54) is 0 Å². The van der Waals surface area contributed by atoms with Crippen molar-refractivity contribution in [2.45, 2.75) is 13.3 Å². The number of aryl methyl sites for hydroxylation is 1. The fourth-order valence-electron chi connectivity index (χ4n) is 1.07. The van der Waals surface area contributed by atoms with Gasteiger partial charge in [-0.2, -0.15) is 0 Å². The van der Waals surface area contributed by atoms with Gasteiger partial charge in [0.15, 0.2) is 0 Å². The molecular weight excluding hydrogens is 184 g/mol. The molecule has 0 spiro atoms.